The number of rotatable bonds is 2. The summed E-state index contributed by atoms with van der Waals surface area (Å²) in [5, 5.41) is 74.3. The van der Waals surface area contributed by atoms with Crippen LogP contribution in [0.25, 0.3) is 0 Å². The third kappa shape index (κ3) is 484. The third-order valence-electron chi connectivity index (χ3n) is 1.21. The van der Waals surface area contributed by atoms with Crippen molar-refractivity contribution in [2.45, 2.75) is 94.5 Å². The number of hydrogen-bond donors (Lipinski definition) is 0. The molecule has 50 heavy (non-hydrogen) atoms. The molecule has 1 heterocycles. The zero-order valence-corrected chi connectivity index (χ0v) is 44.1. The molecule has 253 valence electrons. The summed E-state index contributed by atoms with van der Waals surface area (Å²) in [6.07, 6.45) is 2.56. The van der Waals surface area contributed by atoms with Crippen molar-refractivity contribution in [3.8, 4) is 42.6 Å². The van der Waals surface area contributed by atoms with E-state index in [0.717, 1.165) is 27.8 Å². The van der Waals surface area contributed by atoms with Gasteiger partial charge in [0.05, 0.1) is 0 Å². The molecule has 0 aliphatic carbocycles. The van der Waals surface area contributed by atoms with Crippen molar-refractivity contribution in [3.63, 3.8) is 0 Å². The molecule has 1 fully saturated rings. The van der Waals surface area contributed by atoms with Crippen LogP contribution in [0.3, 0.4) is 0 Å². The van der Waals surface area contributed by atoms with Crippen LogP contribution in [0.5, 0.6) is 0 Å². The molecule has 0 bridgehead atoms. The first-order valence-corrected chi connectivity index (χ1v) is 15.6. The van der Waals surface area contributed by atoms with Gasteiger partial charge in [0.1, 0.15) is 0 Å². The van der Waals surface area contributed by atoms with Crippen molar-refractivity contribution >= 4 is 71.1 Å². The van der Waals surface area contributed by atoms with Crippen LogP contribution in [-0.2, 0) is 24.1 Å². The van der Waals surface area contributed by atoms with E-state index < -0.39 is 0 Å². The average molecular weight is 852 g/mol. The molecule has 1 aliphatic rings. The Morgan fingerprint density at radius 1 is 0.660 bits per heavy atom. The van der Waals surface area contributed by atoms with Gasteiger partial charge in [0.25, 0.3) is 12.9 Å². The summed E-state index contributed by atoms with van der Waals surface area (Å²) in [5.74, 6) is 6.12. The summed E-state index contributed by atoms with van der Waals surface area (Å²) in [5.41, 5.74) is 0. The van der Waals surface area contributed by atoms with Crippen molar-refractivity contribution < 1.29 is 302 Å². The van der Waals surface area contributed by atoms with E-state index in [1.807, 2.05) is 0 Å². The first-order chi connectivity index (χ1) is 16.1. The Balaban J connectivity index is -0.00000000524. The standard InChI is InChI=1S/C4H8O.2C2BN2.C2N2.CHN.CN.2CH2O3.11CH4.4K.4Na.2H/c1-2-4-5-3-1;2*4-1-3-2-5;3-1-2-4;2*1-2;2*2-1-4-3;;;;;;;;;;;;;;;;;;;;;/h1-4H2;;;;1H;;2*1,3H;11*1H4;;;;;;;;;;/q;;-1;;;-1;;;;;;;;;;;;;;4*+1;;;2*+1;2*-1/p-2. The van der Waals surface area contributed by atoms with Crippen LogP contribution in [0, 0.1) is 91.3 Å². The Morgan fingerprint density at radius 2 is 0.840 bits per heavy atom. The van der Waals surface area contributed by atoms with Gasteiger partial charge in [-0.25, -0.2) is 27.7 Å². The summed E-state index contributed by atoms with van der Waals surface area (Å²) in [4.78, 5) is 22.5. The van der Waals surface area contributed by atoms with Gasteiger partial charge < -0.3 is 39.7 Å². The molecule has 0 saturated carbocycles. The van der Waals surface area contributed by atoms with E-state index in [1.165, 1.54) is 92.5 Å². The third-order valence-corrected chi connectivity index (χ3v) is 1.21. The van der Waals surface area contributed by atoms with Gasteiger partial charge in [-0.2, -0.15) is 10.5 Å². The fraction of sp³-hybridized carbons (Fsp3) is 0.600. The van der Waals surface area contributed by atoms with Gasteiger partial charge >= 0.3 is 316 Å². The molecule has 3 radical (unpaired) electrons. The zero-order valence-electron chi connectivity index (χ0n) is 25.7. The van der Waals surface area contributed by atoms with Crippen LogP contribution in [-0.4, -0.2) is 84.3 Å². The number of ether oxygens (including phenoxy) is 1. The number of nitrogens with zero attached hydrogens (tertiary/aromatic N) is 8. The van der Waals surface area contributed by atoms with Crippen molar-refractivity contribution in [3.05, 3.63) is 6.57 Å². The Kier molecular flexibility index (Phi) is 1100. The maximum atomic E-state index is 8.64. The van der Waals surface area contributed by atoms with E-state index in [9.17, 15) is 0 Å². The predicted molar refractivity (Wildman–Crippen MR) is 179 cm³/mol. The van der Waals surface area contributed by atoms with E-state index in [1.54, 1.807) is 0 Å². The van der Waals surface area contributed by atoms with Gasteiger partial charge in [0.2, 0.25) is 0 Å². The molecule has 0 spiro atoms. The Morgan fingerprint density at radius 3 is 0.860 bits per heavy atom. The van der Waals surface area contributed by atoms with Gasteiger partial charge in [-0.15, -0.1) is 0 Å². The minimum absolute atomic E-state index is 0. The summed E-state index contributed by atoms with van der Waals surface area (Å²) < 4.78 is 4.94. The zero-order chi connectivity index (χ0) is 28.0. The molecule has 0 aromatic heterocycles. The van der Waals surface area contributed by atoms with Gasteiger partial charge in [-0.1, -0.05) is 89.0 Å². The molecule has 1 saturated heterocycles. The number of nitriles is 7. The molecule has 1 aliphatic heterocycles. The summed E-state index contributed by atoms with van der Waals surface area (Å²) >= 11 is 2.89. The maximum absolute atomic E-state index is 8.64. The molecular weight excluding hydrogens is 794 g/mol. The summed E-state index contributed by atoms with van der Waals surface area (Å²) in [7, 11) is 1.72. The Hall–Kier alpha value is 5.42. The van der Waals surface area contributed by atoms with E-state index >= 15 is 0 Å². The number of carbonyl (C=O) groups is 2. The Bertz CT molecular complexity index is 623. The fourth-order valence-corrected chi connectivity index (χ4v) is 0.568. The van der Waals surface area contributed by atoms with Crippen LogP contribution in [0.4, 0.5) is 0 Å². The predicted octanol–water partition coefficient (Wildman–Crippen LogP) is -14.3. The average Bonchev–Trinajstić information content (AvgIpc) is 3.50. The molecule has 25 heteroatoms. The first-order valence-electron chi connectivity index (χ1n) is 7.58. The number of carbonyl (C=O) groups excluding carboxylic acids is 2. The number of hydrogen-bond acceptors (Lipinski definition) is 15. The van der Waals surface area contributed by atoms with Crippen molar-refractivity contribution in [2.24, 2.45) is 0 Å². The van der Waals surface area contributed by atoms with E-state index in [0.29, 0.717) is 0 Å². The van der Waals surface area contributed by atoms with Crippen LogP contribution in [0.2, 0.25) is 0 Å². The van der Waals surface area contributed by atoms with Crippen LogP contribution in [0.15, 0.2) is 0 Å². The van der Waals surface area contributed by atoms with E-state index in [4.69, 9.17) is 73.5 Å². The van der Waals surface area contributed by atoms with Gasteiger partial charge in [0.15, 0.2) is 12.1 Å². The fourth-order valence-electron chi connectivity index (χ4n) is 0.568. The minimum atomic E-state index is -0.181. The monoisotopic (exact) mass is 851 g/mol. The second-order valence-electron chi connectivity index (χ2n) is 2.73. The second-order valence-corrected chi connectivity index (χ2v) is 2.73. The van der Waals surface area contributed by atoms with Gasteiger partial charge in [-0.05, 0) is 12.8 Å². The molecule has 1 rings (SSSR count). The van der Waals surface area contributed by atoms with E-state index in [-0.39, 0.29) is 362 Å². The van der Waals surface area contributed by atoms with Crippen molar-refractivity contribution in [1.29, 1.82) is 42.1 Å². The Labute approximate surface area is 558 Å². The SMILES string of the molecule is C.C.C.C.C.C.C.C.C.C.C.C#N.C1CCOC1.N#CC#N.N#C[B-]C#N.N#C[B]C#N.O=CO[O-].O=CO[O-].[C-]#N.[H-].[H-].[K+].[K+].[K+].[K+].[Na+].[Na+].[Na][Na]. The molecule has 0 aromatic carbocycles. The first kappa shape index (κ1) is 177. The molecule has 0 aromatic rings. The quantitative estimate of drug-likeness (QED) is 0.0819. The molecule has 0 amide bonds. The van der Waals surface area contributed by atoms with Crippen LogP contribution < -0.4 is 275 Å². The van der Waals surface area contributed by atoms with E-state index in [2.05, 4.69) is 16.3 Å². The molecule has 15 nitrogen and oxygen atoms in total. The normalized spacial score (nSPS) is 4.48. The molecule has 0 atom stereocenters. The molecule has 0 unspecified atom stereocenters. The van der Waals surface area contributed by atoms with Gasteiger partial charge in [0, 0.05) is 31.7 Å². The molecule has 0 N–H and O–H groups in total. The van der Waals surface area contributed by atoms with Crippen LogP contribution in [0.1, 0.15) is 97.4 Å². The van der Waals surface area contributed by atoms with Crippen molar-refractivity contribution in [2.75, 3.05) is 13.2 Å². The topological polar surface area (TPSA) is 298 Å². The van der Waals surface area contributed by atoms with Crippen molar-refractivity contribution in [1.82, 2.24) is 0 Å². The molecular formula is C25H57B2K4N8Na4O7. The van der Waals surface area contributed by atoms with Crippen LogP contribution >= 0.6 is 0 Å². The summed E-state index contributed by atoms with van der Waals surface area (Å²) in [6.45, 7) is 9.89. The second kappa shape index (κ2) is 309. The summed E-state index contributed by atoms with van der Waals surface area (Å²) in [6, 6.07) is 2.47. The van der Waals surface area contributed by atoms with Gasteiger partial charge in [-0.3, -0.25) is 20.1 Å².